The third-order valence-corrected chi connectivity index (χ3v) is 4.49. The number of rotatable bonds is 3. The zero-order valence-corrected chi connectivity index (χ0v) is 15.1. The number of fused-ring (bicyclic) bond motifs is 1. The molecule has 1 aliphatic heterocycles. The Morgan fingerprint density at radius 1 is 1.29 bits per heavy atom. The lowest BCUT2D eigenvalue weighted by molar-refractivity contribution is -0.0298. The third kappa shape index (κ3) is 3.03. The second-order valence-corrected chi connectivity index (χ2v) is 6.70. The Hall–Kier alpha value is -1.94. The average molecular weight is 436 g/mol. The lowest BCUT2D eigenvalue weighted by Gasteiger charge is -2.23. The van der Waals surface area contributed by atoms with E-state index in [2.05, 4.69) is 42.9 Å². The van der Waals surface area contributed by atoms with Crippen LogP contribution in [0.4, 0.5) is 17.2 Å². The highest BCUT2D eigenvalue weighted by atomic mass is 127. The summed E-state index contributed by atoms with van der Waals surface area (Å²) in [6.45, 7) is 0.779. The van der Waals surface area contributed by atoms with Gasteiger partial charge in [-0.3, -0.25) is 4.57 Å². The van der Waals surface area contributed by atoms with Crippen molar-refractivity contribution < 1.29 is 4.74 Å². The van der Waals surface area contributed by atoms with Crippen LogP contribution in [0.3, 0.4) is 0 Å². The first kappa shape index (κ1) is 15.6. The Morgan fingerprint density at radius 3 is 3.00 bits per heavy atom. The molecule has 1 fully saturated rings. The molecule has 8 heteroatoms. The van der Waals surface area contributed by atoms with E-state index in [1.807, 2.05) is 28.8 Å². The Morgan fingerprint density at radius 2 is 2.21 bits per heavy atom. The number of imidazole rings is 1. The molecule has 1 unspecified atom stereocenters. The quantitative estimate of drug-likeness (QED) is 0.371. The minimum Gasteiger partial charge on any atom is -0.399 e. The SMILES string of the molecule is Nc1cccc(Nc2nc(I)nc3c2ncn3C2CCCCO2)c1. The van der Waals surface area contributed by atoms with Crippen LogP contribution in [0.25, 0.3) is 11.2 Å². The smallest absolute Gasteiger partial charge is 0.194 e. The van der Waals surface area contributed by atoms with E-state index in [1.54, 1.807) is 6.33 Å². The summed E-state index contributed by atoms with van der Waals surface area (Å²) >= 11 is 2.12. The number of benzene rings is 1. The number of halogens is 1. The first-order valence-electron chi connectivity index (χ1n) is 7.85. The summed E-state index contributed by atoms with van der Waals surface area (Å²) in [4.78, 5) is 13.6. The van der Waals surface area contributed by atoms with Gasteiger partial charge in [0.15, 0.2) is 20.8 Å². The second-order valence-electron chi connectivity index (χ2n) is 5.74. The largest absolute Gasteiger partial charge is 0.399 e. The maximum absolute atomic E-state index is 5.87. The van der Waals surface area contributed by atoms with Crippen molar-refractivity contribution in [2.45, 2.75) is 25.5 Å². The van der Waals surface area contributed by atoms with Crippen molar-refractivity contribution in [1.82, 2.24) is 19.5 Å². The van der Waals surface area contributed by atoms with Gasteiger partial charge >= 0.3 is 0 Å². The maximum Gasteiger partial charge on any atom is 0.194 e. The van der Waals surface area contributed by atoms with Gasteiger partial charge in [0.1, 0.15) is 6.23 Å². The molecule has 2 aromatic heterocycles. The average Bonchev–Trinajstić information content (AvgIpc) is 2.99. The number of ether oxygens (including phenoxy) is 1. The minimum atomic E-state index is -0.00494. The molecule has 3 heterocycles. The van der Waals surface area contributed by atoms with Crippen molar-refractivity contribution >= 4 is 50.9 Å². The molecular weight excluding hydrogens is 419 g/mol. The molecule has 0 aliphatic carbocycles. The Kier molecular flexibility index (Phi) is 4.23. The van der Waals surface area contributed by atoms with E-state index < -0.39 is 0 Å². The van der Waals surface area contributed by atoms with Gasteiger partial charge < -0.3 is 15.8 Å². The predicted octanol–water partition coefficient (Wildman–Crippen LogP) is 3.46. The van der Waals surface area contributed by atoms with Crippen LogP contribution in [0.15, 0.2) is 30.6 Å². The monoisotopic (exact) mass is 436 g/mol. The fraction of sp³-hybridized carbons (Fsp3) is 0.312. The molecule has 0 amide bonds. The van der Waals surface area contributed by atoms with E-state index in [9.17, 15) is 0 Å². The van der Waals surface area contributed by atoms with Crippen LogP contribution in [-0.4, -0.2) is 26.1 Å². The Labute approximate surface area is 152 Å². The van der Waals surface area contributed by atoms with Gasteiger partial charge in [-0.15, -0.1) is 0 Å². The topological polar surface area (TPSA) is 90.9 Å². The summed E-state index contributed by atoms with van der Waals surface area (Å²) in [7, 11) is 0. The van der Waals surface area contributed by atoms with Gasteiger partial charge in [-0.05, 0) is 37.5 Å². The fourth-order valence-corrected chi connectivity index (χ4v) is 3.35. The number of hydrogen-bond donors (Lipinski definition) is 2. The van der Waals surface area contributed by atoms with Gasteiger partial charge in [-0.25, -0.2) is 15.0 Å². The number of nitrogen functional groups attached to an aromatic ring is 1. The standard InChI is InChI=1S/C16H17IN6O/c17-16-21-14(20-11-5-3-4-10(18)8-11)13-15(22-16)23(9-19-13)12-6-1-2-7-24-12/h3-5,8-9,12H,1-2,6-7,18H2,(H,20,21,22). The van der Waals surface area contributed by atoms with Gasteiger partial charge in [0, 0.05) is 40.6 Å². The summed E-state index contributed by atoms with van der Waals surface area (Å²) < 4.78 is 8.53. The van der Waals surface area contributed by atoms with Crippen LogP contribution in [-0.2, 0) is 4.74 Å². The highest BCUT2D eigenvalue weighted by Crippen LogP contribution is 2.29. The van der Waals surface area contributed by atoms with E-state index in [-0.39, 0.29) is 6.23 Å². The lowest BCUT2D eigenvalue weighted by atomic mass is 10.2. The maximum atomic E-state index is 5.87. The summed E-state index contributed by atoms with van der Waals surface area (Å²) in [5.74, 6) is 0.671. The van der Waals surface area contributed by atoms with Crippen molar-refractivity contribution in [3.8, 4) is 0 Å². The normalized spacial score (nSPS) is 18.0. The predicted molar refractivity (Wildman–Crippen MR) is 101 cm³/mol. The molecule has 4 rings (SSSR count). The first-order chi connectivity index (χ1) is 11.7. The highest BCUT2D eigenvalue weighted by molar-refractivity contribution is 14.1. The minimum absolute atomic E-state index is 0.00494. The van der Waals surface area contributed by atoms with Crippen molar-refractivity contribution in [3.63, 3.8) is 0 Å². The van der Waals surface area contributed by atoms with E-state index >= 15 is 0 Å². The number of hydrogen-bond acceptors (Lipinski definition) is 6. The van der Waals surface area contributed by atoms with Gasteiger partial charge in [-0.1, -0.05) is 6.07 Å². The molecular formula is C16H17IN6O. The summed E-state index contributed by atoms with van der Waals surface area (Å²) in [5, 5.41) is 3.29. The fourth-order valence-electron chi connectivity index (χ4n) is 2.88. The zero-order chi connectivity index (χ0) is 16.5. The van der Waals surface area contributed by atoms with Gasteiger partial charge in [0.05, 0.1) is 6.33 Å². The van der Waals surface area contributed by atoms with Crippen LogP contribution < -0.4 is 11.1 Å². The summed E-state index contributed by atoms with van der Waals surface area (Å²) in [5.41, 5.74) is 8.92. The molecule has 3 aromatic rings. The molecule has 3 N–H and O–H groups in total. The molecule has 0 radical (unpaired) electrons. The molecule has 0 saturated carbocycles. The highest BCUT2D eigenvalue weighted by Gasteiger charge is 2.21. The van der Waals surface area contributed by atoms with Crippen LogP contribution in [0, 0.1) is 3.83 Å². The van der Waals surface area contributed by atoms with Gasteiger partial charge in [-0.2, -0.15) is 0 Å². The van der Waals surface area contributed by atoms with E-state index in [0.717, 1.165) is 42.7 Å². The number of nitrogens with zero attached hydrogens (tertiary/aromatic N) is 4. The Bertz CT molecular complexity index is 874. The van der Waals surface area contributed by atoms with E-state index in [0.29, 0.717) is 15.3 Å². The number of nitrogens with two attached hydrogens (primary N) is 1. The van der Waals surface area contributed by atoms with Crippen LogP contribution in [0.1, 0.15) is 25.5 Å². The molecule has 1 aliphatic rings. The van der Waals surface area contributed by atoms with Crippen molar-refractivity contribution in [1.29, 1.82) is 0 Å². The number of aromatic nitrogens is 4. The van der Waals surface area contributed by atoms with E-state index in [4.69, 9.17) is 10.5 Å². The molecule has 0 spiro atoms. The third-order valence-electron chi connectivity index (χ3n) is 4.01. The molecule has 124 valence electrons. The summed E-state index contributed by atoms with van der Waals surface area (Å²) in [6.07, 6.45) is 5.02. The van der Waals surface area contributed by atoms with Crippen LogP contribution in [0.2, 0.25) is 0 Å². The number of nitrogens with one attached hydrogen (secondary N) is 1. The van der Waals surface area contributed by atoms with Crippen molar-refractivity contribution in [2.75, 3.05) is 17.7 Å². The van der Waals surface area contributed by atoms with Crippen LogP contribution >= 0.6 is 22.6 Å². The van der Waals surface area contributed by atoms with Gasteiger partial charge in [0.2, 0.25) is 0 Å². The summed E-state index contributed by atoms with van der Waals surface area (Å²) in [6, 6.07) is 7.55. The lowest BCUT2D eigenvalue weighted by Crippen LogP contribution is -2.18. The van der Waals surface area contributed by atoms with E-state index in [1.165, 1.54) is 0 Å². The molecule has 1 saturated heterocycles. The molecule has 24 heavy (non-hydrogen) atoms. The molecule has 7 nitrogen and oxygen atoms in total. The van der Waals surface area contributed by atoms with Crippen molar-refractivity contribution in [2.24, 2.45) is 0 Å². The van der Waals surface area contributed by atoms with Crippen LogP contribution in [0.5, 0.6) is 0 Å². The van der Waals surface area contributed by atoms with Gasteiger partial charge in [0.25, 0.3) is 0 Å². The number of anilines is 3. The Balaban J connectivity index is 1.74. The molecule has 1 atom stereocenters. The zero-order valence-electron chi connectivity index (χ0n) is 12.9. The van der Waals surface area contributed by atoms with Crippen molar-refractivity contribution in [3.05, 3.63) is 34.4 Å². The molecule has 0 bridgehead atoms. The molecule has 1 aromatic carbocycles. The first-order valence-corrected chi connectivity index (χ1v) is 8.93. The second kappa shape index (κ2) is 6.52.